The van der Waals surface area contributed by atoms with Gasteiger partial charge in [-0.05, 0) is 19.3 Å². The van der Waals surface area contributed by atoms with Gasteiger partial charge in [-0.15, -0.1) is 0 Å². The third-order valence-electron chi connectivity index (χ3n) is 5.39. The maximum Gasteiger partial charge on any atom is 0.303 e. The lowest BCUT2D eigenvalue weighted by atomic mass is 9.94. The van der Waals surface area contributed by atoms with Gasteiger partial charge < -0.3 is 29.2 Å². The Kier molecular flexibility index (Phi) is 11.0. The largest absolute Gasteiger partial charge is 0.481 e. The van der Waals surface area contributed by atoms with Crippen molar-refractivity contribution in [1.29, 1.82) is 0 Å². The van der Waals surface area contributed by atoms with Crippen molar-refractivity contribution in [3.8, 4) is 0 Å². The highest BCUT2D eigenvalue weighted by atomic mass is 16.7. The number of aliphatic carboxylic acids is 1. The van der Waals surface area contributed by atoms with Crippen LogP contribution in [0.5, 0.6) is 0 Å². The lowest BCUT2D eigenvalue weighted by Gasteiger charge is -2.37. The highest BCUT2D eigenvalue weighted by Crippen LogP contribution is 2.36. The molecule has 1 aliphatic heterocycles. The number of hydrogen-bond donors (Lipinski definition) is 2. The minimum absolute atomic E-state index is 0.0385. The summed E-state index contributed by atoms with van der Waals surface area (Å²) in [6.07, 6.45) is 6.57. The van der Waals surface area contributed by atoms with Gasteiger partial charge in [0.15, 0.2) is 0 Å². The molecule has 1 saturated carbocycles. The Bertz CT molecular complexity index is 467. The fraction of sp³-hybridized carbons (Fsp3) is 0.850. The normalized spacial score (nSPS) is 28.9. The molecule has 8 heteroatoms. The van der Waals surface area contributed by atoms with E-state index in [1.807, 2.05) is 6.08 Å². The molecule has 1 aliphatic carbocycles. The fourth-order valence-corrected chi connectivity index (χ4v) is 4.01. The van der Waals surface area contributed by atoms with Gasteiger partial charge >= 0.3 is 5.97 Å². The van der Waals surface area contributed by atoms with Gasteiger partial charge in [-0.3, -0.25) is 9.69 Å². The number of carboxylic acids is 1. The summed E-state index contributed by atoms with van der Waals surface area (Å²) in [5, 5.41) is 19.4. The standard InChI is InChI=1S/C20H35NO7/c1-25-12-13-27-15-28-18-14-17(22)20(21-8-10-26-11-9-21)16(18)6-4-2-3-5-7-19(23)24/h2,4,16-18,20,22H,3,5-15H2,1H3,(H,23,24)/b4-2-/t16-,17+,18-,20+/m1/s1. The second-order valence-corrected chi connectivity index (χ2v) is 7.32. The maximum atomic E-state index is 10.7. The Morgan fingerprint density at radius 1 is 1.25 bits per heavy atom. The van der Waals surface area contributed by atoms with Crippen molar-refractivity contribution in [1.82, 2.24) is 4.90 Å². The van der Waals surface area contributed by atoms with E-state index in [-0.39, 0.29) is 31.3 Å². The summed E-state index contributed by atoms with van der Waals surface area (Å²) in [6, 6.07) is 0.0385. The summed E-state index contributed by atoms with van der Waals surface area (Å²) in [7, 11) is 1.63. The molecule has 1 saturated heterocycles. The summed E-state index contributed by atoms with van der Waals surface area (Å²) in [4.78, 5) is 12.9. The molecular formula is C20H35NO7. The van der Waals surface area contributed by atoms with E-state index in [1.165, 1.54) is 0 Å². The summed E-state index contributed by atoms with van der Waals surface area (Å²) in [5.41, 5.74) is 0. The Morgan fingerprint density at radius 3 is 2.75 bits per heavy atom. The second kappa shape index (κ2) is 13.2. The lowest BCUT2D eigenvalue weighted by molar-refractivity contribution is -0.137. The van der Waals surface area contributed by atoms with Gasteiger partial charge in [0.2, 0.25) is 0 Å². The predicted octanol–water partition coefficient (Wildman–Crippen LogP) is 1.27. The number of hydrogen-bond acceptors (Lipinski definition) is 7. The molecule has 0 aromatic heterocycles. The van der Waals surface area contributed by atoms with E-state index in [2.05, 4.69) is 11.0 Å². The molecule has 0 amide bonds. The molecule has 2 rings (SSSR count). The van der Waals surface area contributed by atoms with Crippen LogP contribution in [0.2, 0.25) is 0 Å². The third-order valence-corrected chi connectivity index (χ3v) is 5.39. The summed E-state index contributed by atoms with van der Waals surface area (Å²) >= 11 is 0. The summed E-state index contributed by atoms with van der Waals surface area (Å²) < 4.78 is 21.8. The zero-order valence-electron chi connectivity index (χ0n) is 16.8. The zero-order chi connectivity index (χ0) is 20.2. The van der Waals surface area contributed by atoms with Gasteiger partial charge in [0, 0.05) is 45.0 Å². The van der Waals surface area contributed by atoms with Crippen molar-refractivity contribution in [2.24, 2.45) is 5.92 Å². The highest BCUT2D eigenvalue weighted by molar-refractivity contribution is 5.66. The average Bonchev–Trinajstić information content (AvgIpc) is 3.00. The number of morpholine rings is 1. The molecule has 0 bridgehead atoms. The Balaban J connectivity index is 1.89. The first-order valence-electron chi connectivity index (χ1n) is 10.2. The molecule has 28 heavy (non-hydrogen) atoms. The van der Waals surface area contributed by atoms with E-state index in [0.29, 0.717) is 39.3 Å². The Labute approximate surface area is 167 Å². The number of allylic oxidation sites excluding steroid dienone is 2. The second-order valence-electron chi connectivity index (χ2n) is 7.32. The van der Waals surface area contributed by atoms with Crippen LogP contribution >= 0.6 is 0 Å². The topological polar surface area (TPSA) is 97.7 Å². The number of aliphatic hydroxyl groups is 1. The van der Waals surface area contributed by atoms with Crippen molar-refractivity contribution >= 4 is 5.97 Å². The van der Waals surface area contributed by atoms with Gasteiger partial charge in [-0.25, -0.2) is 0 Å². The van der Waals surface area contributed by atoms with E-state index in [9.17, 15) is 9.90 Å². The third kappa shape index (κ3) is 7.77. The molecule has 0 unspecified atom stereocenters. The predicted molar refractivity (Wildman–Crippen MR) is 103 cm³/mol. The quantitative estimate of drug-likeness (QED) is 0.271. The summed E-state index contributed by atoms with van der Waals surface area (Å²) in [6.45, 7) is 4.20. The molecule has 0 aromatic rings. The van der Waals surface area contributed by atoms with Crippen molar-refractivity contribution in [2.45, 2.75) is 50.4 Å². The molecular weight excluding hydrogens is 366 g/mol. The van der Waals surface area contributed by atoms with Crippen LogP contribution in [0.25, 0.3) is 0 Å². The smallest absolute Gasteiger partial charge is 0.303 e. The van der Waals surface area contributed by atoms with Crippen LogP contribution in [-0.2, 0) is 23.7 Å². The monoisotopic (exact) mass is 401 g/mol. The van der Waals surface area contributed by atoms with Gasteiger partial charge in [0.1, 0.15) is 6.79 Å². The van der Waals surface area contributed by atoms with E-state index in [0.717, 1.165) is 25.9 Å². The van der Waals surface area contributed by atoms with Crippen molar-refractivity contribution < 1.29 is 34.0 Å². The van der Waals surface area contributed by atoms with Crippen LogP contribution in [0.15, 0.2) is 12.2 Å². The first-order valence-corrected chi connectivity index (χ1v) is 10.2. The molecule has 4 atom stereocenters. The lowest BCUT2D eigenvalue weighted by Crippen LogP contribution is -2.50. The van der Waals surface area contributed by atoms with Crippen molar-refractivity contribution in [2.75, 3.05) is 53.4 Å². The van der Waals surface area contributed by atoms with Crippen LogP contribution in [0.3, 0.4) is 0 Å². The molecule has 1 heterocycles. The van der Waals surface area contributed by atoms with Crippen LogP contribution in [0.4, 0.5) is 0 Å². The van der Waals surface area contributed by atoms with Gasteiger partial charge in [-0.2, -0.15) is 0 Å². The van der Waals surface area contributed by atoms with Gasteiger partial charge in [0.05, 0.1) is 38.6 Å². The van der Waals surface area contributed by atoms with Crippen LogP contribution in [-0.4, -0.2) is 92.8 Å². The van der Waals surface area contributed by atoms with E-state index in [1.54, 1.807) is 7.11 Å². The minimum atomic E-state index is -0.762. The van der Waals surface area contributed by atoms with Gasteiger partial charge in [-0.1, -0.05) is 12.2 Å². The van der Waals surface area contributed by atoms with Crippen molar-refractivity contribution in [3.05, 3.63) is 12.2 Å². The first-order chi connectivity index (χ1) is 13.6. The fourth-order valence-electron chi connectivity index (χ4n) is 4.01. The number of carboxylic acid groups (broad SMARTS) is 1. The molecule has 0 radical (unpaired) electrons. The molecule has 8 nitrogen and oxygen atoms in total. The molecule has 2 fully saturated rings. The first kappa shape index (κ1) is 23.3. The van der Waals surface area contributed by atoms with Crippen LogP contribution in [0.1, 0.15) is 32.1 Å². The maximum absolute atomic E-state index is 10.7. The number of methoxy groups -OCH3 is 1. The zero-order valence-corrected chi connectivity index (χ0v) is 16.8. The van der Waals surface area contributed by atoms with Crippen molar-refractivity contribution in [3.63, 3.8) is 0 Å². The van der Waals surface area contributed by atoms with Crippen LogP contribution in [0, 0.1) is 5.92 Å². The summed E-state index contributed by atoms with van der Waals surface area (Å²) in [5.74, 6) is -0.600. The van der Waals surface area contributed by atoms with E-state index >= 15 is 0 Å². The molecule has 162 valence electrons. The number of rotatable bonds is 13. The highest BCUT2D eigenvalue weighted by Gasteiger charge is 2.45. The number of nitrogens with zero attached hydrogens (tertiary/aromatic N) is 1. The van der Waals surface area contributed by atoms with E-state index in [4.69, 9.17) is 24.1 Å². The minimum Gasteiger partial charge on any atom is -0.481 e. The molecule has 2 N–H and O–H groups in total. The number of aliphatic hydroxyl groups excluding tert-OH is 1. The number of carbonyl (C=O) groups is 1. The van der Waals surface area contributed by atoms with Crippen LogP contribution < -0.4 is 0 Å². The van der Waals surface area contributed by atoms with E-state index < -0.39 is 12.1 Å². The SMILES string of the molecule is COCCOCO[C@@H]1C[C@H](O)[C@@H](N2CCOCC2)[C@@H]1C/C=C\CCCC(=O)O. The molecule has 0 spiro atoms. The Hall–Kier alpha value is -1.03. The number of unbranched alkanes of at least 4 members (excludes halogenated alkanes) is 1. The Morgan fingerprint density at radius 2 is 2.04 bits per heavy atom. The molecule has 2 aliphatic rings. The number of ether oxygens (including phenoxy) is 4. The average molecular weight is 402 g/mol. The molecule has 0 aromatic carbocycles. The van der Waals surface area contributed by atoms with Gasteiger partial charge in [0.25, 0.3) is 0 Å².